The molecule has 3 nitrogen and oxygen atoms in total. The van der Waals surface area contributed by atoms with Crippen LogP contribution in [0.1, 0.15) is 25.5 Å². The summed E-state index contributed by atoms with van der Waals surface area (Å²) in [6, 6.07) is 2.35. The molecule has 0 bridgehead atoms. The lowest BCUT2D eigenvalue weighted by molar-refractivity contribution is 0.0280. The van der Waals surface area contributed by atoms with Gasteiger partial charge in [0.1, 0.15) is 6.10 Å². The van der Waals surface area contributed by atoms with Gasteiger partial charge in [-0.2, -0.15) is 0 Å². The van der Waals surface area contributed by atoms with Gasteiger partial charge in [-0.15, -0.1) is 0 Å². The van der Waals surface area contributed by atoms with Gasteiger partial charge in [0.15, 0.2) is 0 Å². The highest BCUT2D eigenvalue weighted by Gasteiger charge is 2.17. The van der Waals surface area contributed by atoms with Gasteiger partial charge < -0.3 is 9.30 Å². The number of halogens is 3. The molecule has 3 aromatic rings. The van der Waals surface area contributed by atoms with Crippen molar-refractivity contribution in [3.05, 3.63) is 87.3 Å². The fraction of sp³-hybridized carbons (Fsp3) is 0.167. The Morgan fingerprint density at radius 3 is 2.62 bits per heavy atom. The summed E-state index contributed by atoms with van der Waals surface area (Å²) in [6.07, 6.45) is 3.77. The molecule has 1 unspecified atom stereocenters. The maximum Gasteiger partial charge on any atom is 0.102 e. The number of rotatable bonds is 6. The number of aromatic nitrogens is 2. The third-order valence-electron chi connectivity index (χ3n) is 3.14. The summed E-state index contributed by atoms with van der Waals surface area (Å²) in [7, 11) is 0. The van der Waals surface area contributed by atoms with Crippen molar-refractivity contribution in [2.45, 2.75) is 19.2 Å². The molecule has 0 N–H and O–H groups in total. The van der Waals surface area contributed by atoms with Gasteiger partial charge in [-0.3, -0.25) is 0 Å². The molecule has 0 fully saturated rings. The lowest BCUT2D eigenvalue weighted by Gasteiger charge is -2.20. The van der Waals surface area contributed by atoms with Crippen molar-refractivity contribution >= 4 is 34.8 Å². The van der Waals surface area contributed by atoms with E-state index in [1.54, 1.807) is 29.1 Å². The fourth-order valence-corrected chi connectivity index (χ4v) is 2.65. The lowest BCUT2D eigenvalue weighted by atomic mass is 10.1. The Morgan fingerprint density at radius 2 is 1.96 bits per heavy atom. The standard InChI is InChI=1S/C18H15Cl3N2O/c19-14-3-1-13(2-4-14)11-24-18(10-23-8-7-22-12-23)16-6-5-15(20)9-17(16)21/h1-9,12,18H,10-11H2/i1D,2D,3D,4D,11D2. The molecule has 0 saturated heterocycles. The molecule has 6 heteroatoms. The summed E-state index contributed by atoms with van der Waals surface area (Å²) in [5.74, 6) is 0. The third kappa shape index (κ3) is 4.52. The lowest BCUT2D eigenvalue weighted by Crippen LogP contribution is -2.12. The molecule has 0 aliphatic carbocycles. The molecule has 3 rings (SSSR count). The van der Waals surface area contributed by atoms with Crippen LogP contribution in [0.4, 0.5) is 0 Å². The molecular formula is C18H15Cl3N2O. The number of hydrogen-bond acceptors (Lipinski definition) is 2. The van der Waals surface area contributed by atoms with Crippen molar-refractivity contribution in [1.29, 1.82) is 0 Å². The molecule has 0 amide bonds. The zero-order chi connectivity index (χ0) is 22.2. The van der Waals surface area contributed by atoms with Crippen LogP contribution in [-0.4, -0.2) is 9.55 Å². The summed E-state index contributed by atoms with van der Waals surface area (Å²) in [6.45, 7) is -2.57. The predicted molar refractivity (Wildman–Crippen MR) is 97.7 cm³/mol. The third-order valence-corrected chi connectivity index (χ3v) is 3.89. The normalized spacial score (nSPS) is 16.5. The molecule has 0 aliphatic rings. The Balaban J connectivity index is 2.08. The van der Waals surface area contributed by atoms with Crippen molar-refractivity contribution in [1.82, 2.24) is 9.55 Å². The second kappa shape index (κ2) is 8.04. The van der Waals surface area contributed by atoms with Crippen molar-refractivity contribution in [3.63, 3.8) is 0 Å². The molecular weight excluding hydrogens is 367 g/mol. The quantitative estimate of drug-likeness (QED) is 0.534. The van der Waals surface area contributed by atoms with Crippen molar-refractivity contribution in [3.8, 4) is 0 Å². The zero-order valence-electron chi connectivity index (χ0n) is 18.2. The molecule has 124 valence electrons. The van der Waals surface area contributed by atoms with Crippen LogP contribution in [0.5, 0.6) is 0 Å². The second-order valence-electron chi connectivity index (χ2n) is 4.82. The Morgan fingerprint density at radius 1 is 1.17 bits per heavy atom. The van der Waals surface area contributed by atoms with Crippen LogP contribution in [0.25, 0.3) is 0 Å². The van der Waals surface area contributed by atoms with E-state index >= 15 is 0 Å². The number of ether oxygens (including phenoxy) is 1. The Kier molecular flexibility index (Phi) is 3.74. The van der Waals surface area contributed by atoms with Crippen LogP contribution in [0, 0.1) is 0 Å². The van der Waals surface area contributed by atoms with Crippen LogP contribution < -0.4 is 0 Å². The van der Waals surface area contributed by atoms with Crippen molar-refractivity contribution in [2.24, 2.45) is 0 Å². The van der Waals surface area contributed by atoms with Gasteiger partial charge in [-0.1, -0.05) is 53.0 Å². The van der Waals surface area contributed by atoms with Gasteiger partial charge in [0.2, 0.25) is 0 Å². The van der Waals surface area contributed by atoms with Crippen LogP contribution in [0.3, 0.4) is 0 Å². The Labute approximate surface area is 164 Å². The summed E-state index contributed by atoms with van der Waals surface area (Å²) in [5, 5.41) is 0.254. The minimum atomic E-state index is -2.70. The average Bonchev–Trinajstić information content (AvgIpc) is 3.17. The second-order valence-corrected chi connectivity index (χ2v) is 6.04. The first-order chi connectivity index (χ1) is 14.0. The van der Waals surface area contributed by atoms with Gasteiger partial charge in [0.05, 0.1) is 27.7 Å². The maximum atomic E-state index is 8.43. The van der Waals surface area contributed by atoms with E-state index in [0.717, 1.165) is 0 Å². The summed E-state index contributed by atoms with van der Waals surface area (Å²) in [4.78, 5) is 3.96. The topological polar surface area (TPSA) is 27.1 Å². The van der Waals surface area contributed by atoms with E-state index in [4.69, 9.17) is 47.8 Å². The Bertz CT molecular complexity index is 1050. The number of nitrogens with zero attached hydrogens (tertiary/aromatic N) is 2. The molecule has 0 radical (unpaired) electrons. The minimum absolute atomic E-state index is 0.122. The first-order valence-corrected chi connectivity index (χ1v) is 8.01. The van der Waals surface area contributed by atoms with Gasteiger partial charge in [-0.25, -0.2) is 4.98 Å². The zero-order valence-corrected chi connectivity index (χ0v) is 14.5. The molecule has 0 saturated carbocycles. The van der Waals surface area contributed by atoms with E-state index in [2.05, 4.69) is 4.98 Å². The van der Waals surface area contributed by atoms with Gasteiger partial charge in [0, 0.05) is 33.0 Å². The van der Waals surface area contributed by atoms with Gasteiger partial charge >= 0.3 is 0 Å². The maximum absolute atomic E-state index is 8.43. The van der Waals surface area contributed by atoms with Crippen LogP contribution >= 0.6 is 34.8 Å². The minimum Gasteiger partial charge on any atom is -0.367 e. The monoisotopic (exact) mass is 386 g/mol. The van der Waals surface area contributed by atoms with Crippen LogP contribution in [0.15, 0.2) is 61.1 Å². The largest absolute Gasteiger partial charge is 0.367 e. The highest BCUT2D eigenvalue weighted by Crippen LogP contribution is 2.30. The van der Waals surface area contributed by atoms with Gasteiger partial charge in [-0.05, 0) is 29.8 Å². The van der Waals surface area contributed by atoms with E-state index in [1.807, 2.05) is 0 Å². The fourth-order valence-electron chi connectivity index (χ4n) is 2.03. The van der Waals surface area contributed by atoms with Gasteiger partial charge in [0.25, 0.3) is 0 Å². The average molecular weight is 388 g/mol. The molecule has 1 aromatic heterocycles. The van der Waals surface area contributed by atoms with Crippen LogP contribution in [-0.2, 0) is 17.8 Å². The van der Waals surface area contributed by atoms with E-state index in [-0.39, 0.29) is 16.6 Å². The molecule has 1 heterocycles. The van der Waals surface area contributed by atoms with E-state index in [1.165, 1.54) is 12.4 Å². The van der Waals surface area contributed by atoms with Crippen molar-refractivity contribution < 1.29 is 13.0 Å². The number of hydrogen-bond donors (Lipinski definition) is 0. The number of benzene rings is 2. The first-order valence-electron chi connectivity index (χ1n) is 9.87. The summed E-state index contributed by atoms with van der Waals surface area (Å²) >= 11 is 18.1. The number of imidazole rings is 1. The molecule has 24 heavy (non-hydrogen) atoms. The molecule has 0 aliphatic heterocycles. The molecule has 1 atom stereocenters. The predicted octanol–water partition coefficient (Wildman–Crippen LogP) is 5.80. The smallest absolute Gasteiger partial charge is 0.102 e. The van der Waals surface area contributed by atoms with E-state index in [9.17, 15) is 0 Å². The van der Waals surface area contributed by atoms with E-state index in [0.29, 0.717) is 10.6 Å². The SMILES string of the molecule is [2H]c1c([2H])c(C([2H])([2H])OC(Cn2ccnc2)c2ccc(Cl)cc2Cl)c([2H])c([2H])c1Cl. The summed E-state index contributed by atoms with van der Waals surface area (Å²) < 4.78 is 56.2. The highest BCUT2D eigenvalue weighted by molar-refractivity contribution is 6.35. The first kappa shape index (κ1) is 11.2. The molecule has 0 spiro atoms. The van der Waals surface area contributed by atoms with Crippen LogP contribution in [0.2, 0.25) is 15.1 Å². The summed E-state index contributed by atoms with van der Waals surface area (Å²) in [5.41, 5.74) is -0.120. The highest BCUT2D eigenvalue weighted by atomic mass is 35.5. The molecule has 2 aromatic carbocycles. The van der Waals surface area contributed by atoms with Crippen molar-refractivity contribution in [2.75, 3.05) is 0 Å². The van der Waals surface area contributed by atoms with E-state index < -0.39 is 42.4 Å². The Hall–Kier alpha value is -1.52.